The fraction of sp³-hybridized carbons (Fsp3) is 0.765. The van der Waals surface area contributed by atoms with Gasteiger partial charge >= 0.3 is 39.5 Å². The molecule has 0 aromatic rings. The number of allylic oxidation sites excluding steroid dienone is 16. The second-order valence-corrected chi connectivity index (χ2v) is 30.6. The molecule has 0 fully saturated rings. The minimum absolute atomic E-state index is 0.0351. The van der Waals surface area contributed by atoms with Gasteiger partial charge in [0.25, 0.3) is 0 Å². The second kappa shape index (κ2) is 77.1. The third-order valence-corrected chi connectivity index (χ3v) is 19.4. The van der Waals surface area contributed by atoms with Crippen LogP contribution in [-0.4, -0.2) is 96.7 Å². The van der Waals surface area contributed by atoms with Crippen molar-refractivity contribution in [3.05, 3.63) is 97.2 Å². The Bertz CT molecular complexity index is 2350. The summed E-state index contributed by atoms with van der Waals surface area (Å²) in [5.74, 6) is -2.27. The summed E-state index contributed by atoms with van der Waals surface area (Å²) in [6.45, 7) is 4.71. The lowest BCUT2D eigenvalue weighted by Gasteiger charge is -2.21. The van der Waals surface area contributed by atoms with E-state index in [1.807, 2.05) is 18.2 Å². The van der Waals surface area contributed by atoms with Crippen LogP contribution in [0.2, 0.25) is 0 Å². The number of aliphatic hydroxyl groups is 1. The highest BCUT2D eigenvalue weighted by molar-refractivity contribution is 7.47. The summed E-state index contributed by atoms with van der Waals surface area (Å²) in [5.41, 5.74) is 0. The highest BCUT2D eigenvalue weighted by atomic mass is 31.2. The number of phosphoric acid groups is 2. The average molecular weight is 1510 g/mol. The zero-order valence-electron chi connectivity index (χ0n) is 65.9. The molecule has 602 valence electrons. The number of hydrogen-bond acceptors (Lipinski definition) is 15. The van der Waals surface area contributed by atoms with E-state index in [0.717, 1.165) is 128 Å². The highest BCUT2D eigenvalue weighted by Gasteiger charge is 2.30. The van der Waals surface area contributed by atoms with E-state index in [-0.39, 0.29) is 25.7 Å². The van der Waals surface area contributed by atoms with Gasteiger partial charge in [-0.1, -0.05) is 318 Å². The average Bonchev–Trinajstić information content (AvgIpc) is 0.918. The quantitative estimate of drug-likeness (QED) is 0.0169. The molecule has 0 bridgehead atoms. The van der Waals surface area contributed by atoms with E-state index in [1.54, 1.807) is 0 Å². The molecule has 2 unspecified atom stereocenters. The monoisotopic (exact) mass is 1510 g/mol. The molecule has 17 nitrogen and oxygen atoms in total. The number of rotatable bonds is 78. The first-order valence-corrected chi connectivity index (χ1v) is 44.5. The van der Waals surface area contributed by atoms with Crippen LogP contribution in [-0.2, 0) is 65.4 Å². The van der Waals surface area contributed by atoms with E-state index in [2.05, 4.69) is 107 Å². The van der Waals surface area contributed by atoms with Gasteiger partial charge in [0.05, 0.1) is 26.4 Å². The Morgan fingerprint density at radius 1 is 0.279 bits per heavy atom. The maximum atomic E-state index is 13.1. The molecule has 0 saturated carbocycles. The number of ether oxygens (including phenoxy) is 4. The Morgan fingerprint density at radius 2 is 0.519 bits per heavy atom. The van der Waals surface area contributed by atoms with Crippen LogP contribution in [0.1, 0.15) is 362 Å². The Morgan fingerprint density at radius 3 is 0.827 bits per heavy atom. The third kappa shape index (κ3) is 76.2. The summed E-state index contributed by atoms with van der Waals surface area (Å²) < 4.78 is 68.6. The van der Waals surface area contributed by atoms with Crippen LogP contribution in [0.3, 0.4) is 0 Å². The van der Waals surface area contributed by atoms with Gasteiger partial charge < -0.3 is 33.8 Å². The van der Waals surface area contributed by atoms with Crippen LogP contribution in [0.25, 0.3) is 0 Å². The van der Waals surface area contributed by atoms with E-state index in [0.29, 0.717) is 32.1 Å². The Balaban J connectivity index is 5.41. The normalized spacial score (nSPS) is 14.3. The van der Waals surface area contributed by atoms with Gasteiger partial charge in [0, 0.05) is 25.7 Å². The van der Waals surface area contributed by atoms with Crippen molar-refractivity contribution < 1.29 is 80.2 Å². The number of carbonyl (C=O) groups excluding carboxylic acids is 4. The number of hydrogen-bond donors (Lipinski definition) is 3. The number of phosphoric ester groups is 2. The predicted octanol–water partition coefficient (Wildman–Crippen LogP) is 24.3. The molecular formula is C85H150O17P2. The smallest absolute Gasteiger partial charge is 0.462 e. The molecular weight excluding hydrogens is 1350 g/mol. The lowest BCUT2D eigenvalue weighted by molar-refractivity contribution is -0.161. The first-order valence-electron chi connectivity index (χ1n) is 41.5. The van der Waals surface area contributed by atoms with Crippen molar-refractivity contribution in [2.24, 2.45) is 0 Å². The minimum Gasteiger partial charge on any atom is -0.462 e. The van der Waals surface area contributed by atoms with E-state index in [1.165, 1.54) is 148 Å². The van der Waals surface area contributed by atoms with E-state index in [9.17, 15) is 43.2 Å². The molecule has 104 heavy (non-hydrogen) atoms. The highest BCUT2D eigenvalue weighted by Crippen LogP contribution is 2.45. The molecule has 0 spiro atoms. The lowest BCUT2D eigenvalue weighted by atomic mass is 10.0. The maximum Gasteiger partial charge on any atom is 0.472 e. The Kier molecular flexibility index (Phi) is 74.2. The second-order valence-electron chi connectivity index (χ2n) is 27.7. The number of aliphatic hydroxyl groups excluding tert-OH is 1. The van der Waals surface area contributed by atoms with E-state index < -0.39 is 97.5 Å². The van der Waals surface area contributed by atoms with Crippen molar-refractivity contribution in [2.45, 2.75) is 380 Å². The molecule has 19 heteroatoms. The molecule has 0 aromatic heterocycles. The van der Waals surface area contributed by atoms with Crippen molar-refractivity contribution in [3.8, 4) is 0 Å². The molecule has 5 atom stereocenters. The Hall–Kier alpha value is -4.02. The lowest BCUT2D eigenvalue weighted by Crippen LogP contribution is -2.30. The molecule has 0 saturated heterocycles. The van der Waals surface area contributed by atoms with Gasteiger partial charge in [0.2, 0.25) is 0 Å². The van der Waals surface area contributed by atoms with Gasteiger partial charge in [-0.25, -0.2) is 9.13 Å². The molecule has 0 rings (SSSR count). The van der Waals surface area contributed by atoms with Crippen LogP contribution in [0.5, 0.6) is 0 Å². The number of carbonyl (C=O) groups is 4. The van der Waals surface area contributed by atoms with E-state index >= 15 is 0 Å². The van der Waals surface area contributed by atoms with Gasteiger partial charge in [0.15, 0.2) is 12.2 Å². The zero-order chi connectivity index (χ0) is 76.0. The summed E-state index contributed by atoms with van der Waals surface area (Å²) in [5, 5.41) is 10.7. The fourth-order valence-corrected chi connectivity index (χ4v) is 12.8. The van der Waals surface area contributed by atoms with Crippen molar-refractivity contribution in [1.29, 1.82) is 0 Å². The van der Waals surface area contributed by atoms with Gasteiger partial charge in [-0.15, -0.1) is 0 Å². The number of esters is 4. The van der Waals surface area contributed by atoms with Crippen molar-refractivity contribution >= 4 is 39.5 Å². The largest absolute Gasteiger partial charge is 0.472 e. The first-order chi connectivity index (χ1) is 50.7. The van der Waals surface area contributed by atoms with Gasteiger partial charge in [-0.05, 0) is 116 Å². The molecule has 0 aliphatic carbocycles. The summed E-state index contributed by atoms with van der Waals surface area (Å²) >= 11 is 0. The standard InChI is InChI=1S/C85H150O17P2/c1-5-9-13-17-21-25-29-33-37-38-39-40-44-46-50-54-58-62-66-70-83(88)96-76-81(102-85(90)72-68-64-60-56-52-48-43-36-32-28-24-20-16-12-8-4)78-100-104(93,94)98-74-79(86)73-97-103(91,92)99-77-80(101-84(89)71-67-63-59-55-51-47-42-35-31-27-23-19-15-11-7-3)75-95-82(87)69-65-61-57-53-49-45-41-34-30-26-22-18-14-10-6-2/h9,13,21,25,33,35-37,39-40,42-43,46,50,58,62,79-81,86H,5-8,10-12,14-20,22-24,26-32,34,38,41,44-45,47-49,51-57,59-61,63-78H2,1-4H3,(H,91,92)(H,93,94)/b13-9-,25-21-,37-33-,40-39-,42-35-,43-36-,50-46-,62-58-/t79-,80+,81+/m0/s1. The summed E-state index contributed by atoms with van der Waals surface area (Å²) in [7, 11) is -9.98. The molecule has 0 aliphatic heterocycles. The minimum atomic E-state index is -4.99. The topological polar surface area (TPSA) is 237 Å². The Labute approximate surface area is 633 Å². The molecule has 0 heterocycles. The van der Waals surface area contributed by atoms with Crippen LogP contribution in [0, 0.1) is 0 Å². The predicted molar refractivity (Wildman–Crippen MR) is 427 cm³/mol. The molecule has 0 aromatic carbocycles. The SMILES string of the molecule is CC/C=C\C/C=C\C/C=C\C/C=C\C/C=C\C/C=C\CCC(=O)OC[C@H](COP(=O)(O)OC[C@@H](O)COP(=O)(O)OC[C@@H](COC(=O)CCCCCCCCCCCCCCCCC)OC(=O)CCCCCCC/C=C\CCCCCCCC)OC(=O)CCCCCCC/C=C\CCCCCCCC. The van der Waals surface area contributed by atoms with Crippen molar-refractivity contribution in [1.82, 2.24) is 0 Å². The third-order valence-electron chi connectivity index (χ3n) is 17.5. The van der Waals surface area contributed by atoms with Crippen LogP contribution >= 0.6 is 15.6 Å². The zero-order valence-corrected chi connectivity index (χ0v) is 67.7. The van der Waals surface area contributed by atoms with Crippen molar-refractivity contribution in [2.75, 3.05) is 39.6 Å². The molecule has 0 amide bonds. The van der Waals surface area contributed by atoms with Crippen molar-refractivity contribution in [3.63, 3.8) is 0 Å². The van der Waals surface area contributed by atoms with Gasteiger partial charge in [-0.3, -0.25) is 37.3 Å². The molecule has 0 aliphatic rings. The molecule has 0 radical (unpaired) electrons. The van der Waals surface area contributed by atoms with Crippen LogP contribution < -0.4 is 0 Å². The summed E-state index contributed by atoms with van der Waals surface area (Å²) in [6.07, 6.45) is 82.5. The summed E-state index contributed by atoms with van der Waals surface area (Å²) in [4.78, 5) is 73.1. The van der Waals surface area contributed by atoms with Gasteiger partial charge in [-0.2, -0.15) is 0 Å². The summed E-state index contributed by atoms with van der Waals surface area (Å²) in [6, 6.07) is 0. The van der Waals surface area contributed by atoms with Crippen LogP contribution in [0.4, 0.5) is 0 Å². The van der Waals surface area contributed by atoms with Crippen LogP contribution in [0.15, 0.2) is 97.2 Å². The first kappa shape index (κ1) is 100.0. The number of unbranched alkanes of at least 4 members (excludes halogenated alkanes) is 36. The van der Waals surface area contributed by atoms with E-state index in [4.69, 9.17) is 37.0 Å². The fourth-order valence-electron chi connectivity index (χ4n) is 11.2. The molecule has 3 N–H and O–H groups in total. The van der Waals surface area contributed by atoms with Gasteiger partial charge in [0.1, 0.15) is 19.3 Å². The maximum absolute atomic E-state index is 13.1.